The molecule has 18 heavy (non-hydrogen) atoms. The van der Waals surface area contributed by atoms with Crippen LogP contribution in [0.25, 0.3) is 0 Å². The molecule has 2 N–H and O–H groups in total. The lowest BCUT2D eigenvalue weighted by molar-refractivity contribution is 0.482. The van der Waals surface area contributed by atoms with E-state index >= 15 is 0 Å². The van der Waals surface area contributed by atoms with Crippen molar-refractivity contribution in [3.63, 3.8) is 0 Å². The maximum absolute atomic E-state index is 5.92. The molecule has 2 rings (SSSR count). The highest BCUT2D eigenvalue weighted by Gasteiger charge is 2.03. The fourth-order valence-corrected chi connectivity index (χ4v) is 1.80. The zero-order chi connectivity index (χ0) is 13.1. The van der Waals surface area contributed by atoms with Crippen LogP contribution in [0.1, 0.15) is 18.5 Å². The molecule has 2 aromatic rings. The molecule has 1 atom stereocenters. The van der Waals surface area contributed by atoms with Crippen molar-refractivity contribution in [3.05, 3.63) is 58.1 Å². The molecule has 0 radical (unpaired) electrons. The fraction of sp³-hybridized carbons (Fsp3) is 0.143. The first kappa shape index (κ1) is 13.2. The van der Waals surface area contributed by atoms with Crippen molar-refractivity contribution in [1.82, 2.24) is 0 Å². The van der Waals surface area contributed by atoms with Gasteiger partial charge in [0, 0.05) is 12.1 Å². The minimum absolute atomic E-state index is 0.0176. The van der Waals surface area contributed by atoms with Crippen LogP contribution in [0, 0.1) is 0 Å². The van der Waals surface area contributed by atoms with Crippen LogP contribution >= 0.6 is 23.2 Å². The van der Waals surface area contributed by atoms with Crippen LogP contribution < -0.4 is 10.5 Å². The molecule has 2 aromatic carbocycles. The number of benzene rings is 2. The van der Waals surface area contributed by atoms with E-state index in [-0.39, 0.29) is 6.04 Å². The maximum Gasteiger partial charge on any atom is 0.129 e. The highest BCUT2D eigenvalue weighted by molar-refractivity contribution is 6.42. The molecule has 2 nitrogen and oxygen atoms in total. The minimum atomic E-state index is 0.0176. The van der Waals surface area contributed by atoms with Gasteiger partial charge in [-0.1, -0.05) is 35.3 Å². The summed E-state index contributed by atoms with van der Waals surface area (Å²) in [6.07, 6.45) is 0. The Morgan fingerprint density at radius 2 is 1.56 bits per heavy atom. The number of hydrogen-bond donors (Lipinski definition) is 1. The Hall–Kier alpha value is -1.22. The second kappa shape index (κ2) is 5.61. The Morgan fingerprint density at radius 3 is 2.11 bits per heavy atom. The molecule has 4 heteroatoms. The van der Waals surface area contributed by atoms with Gasteiger partial charge in [0.05, 0.1) is 10.0 Å². The fourth-order valence-electron chi connectivity index (χ4n) is 1.52. The molecule has 0 heterocycles. The van der Waals surface area contributed by atoms with E-state index in [0.29, 0.717) is 15.8 Å². The second-order valence-corrected chi connectivity index (χ2v) is 4.85. The van der Waals surface area contributed by atoms with Gasteiger partial charge in [0.15, 0.2) is 0 Å². The molecule has 0 bridgehead atoms. The van der Waals surface area contributed by atoms with Crippen LogP contribution in [-0.2, 0) is 0 Å². The van der Waals surface area contributed by atoms with E-state index in [9.17, 15) is 0 Å². The van der Waals surface area contributed by atoms with E-state index in [0.717, 1.165) is 11.3 Å². The molecular weight excluding hydrogens is 269 g/mol. The van der Waals surface area contributed by atoms with Gasteiger partial charge in [-0.15, -0.1) is 0 Å². The third kappa shape index (κ3) is 3.16. The standard InChI is InChI=1S/C14H13Cl2NO/c1-9(17)10-2-4-11(5-3-10)18-12-6-7-13(15)14(16)8-12/h2-9H,17H2,1H3/t9-/m0/s1. The van der Waals surface area contributed by atoms with Crippen molar-refractivity contribution >= 4 is 23.2 Å². The third-order valence-corrected chi connectivity index (χ3v) is 3.27. The van der Waals surface area contributed by atoms with Crippen LogP contribution in [0.2, 0.25) is 10.0 Å². The molecule has 0 unspecified atom stereocenters. The molecule has 0 aromatic heterocycles. The lowest BCUT2D eigenvalue weighted by atomic mass is 10.1. The summed E-state index contributed by atoms with van der Waals surface area (Å²) >= 11 is 11.8. The van der Waals surface area contributed by atoms with Crippen LogP contribution in [-0.4, -0.2) is 0 Å². The van der Waals surface area contributed by atoms with Crippen molar-refractivity contribution in [2.24, 2.45) is 5.73 Å². The first-order valence-electron chi connectivity index (χ1n) is 5.54. The molecule has 0 aliphatic rings. The zero-order valence-corrected chi connectivity index (χ0v) is 11.4. The van der Waals surface area contributed by atoms with Gasteiger partial charge in [0.25, 0.3) is 0 Å². The summed E-state index contributed by atoms with van der Waals surface area (Å²) in [6.45, 7) is 1.94. The SMILES string of the molecule is C[C@H](N)c1ccc(Oc2ccc(Cl)c(Cl)c2)cc1. The summed E-state index contributed by atoms with van der Waals surface area (Å²) in [4.78, 5) is 0. The molecule has 0 amide bonds. The van der Waals surface area contributed by atoms with Crippen LogP contribution in [0.3, 0.4) is 0 Å². The lowest BCUT2D eigenvalue weighted by Gasteiger charge is -2.09. The highest BCUT2D eigenvalue weighted by atomic mass is 35.5. The average Bonchev–Trinajstić information content (AvgIpc) is 2.34. The van der Waals surface area contributed by atoms with E-state index in [1.54, 1.807) is 18.2 Å². The minimum Gasteiger partial charge on any atom is -0.457 e. The van der Waals surface area contributed by atoms with E-state index in [1.165, 1.54) is 0 Å². The highest BCUT2D eigenvalue weighted by Crippen LogP contribution is 2.29. The summed E-state index contributed by atoms with van der Waals surface area (Å²) in [5, 5.41) is 0.984. The van der Waals surface area contributed by atoms with Gasteiger partial charge in [0.2, 0.25) is 0 Å². The maximum atomic E-state index is 5.92. The molecule has 0 aliphatic heterocycles. The predicted octanol–water partition coefficient (Wildman–Crippen LogP) is 4.81. The molecule has 0 spiro atoms. The summed E-state index contributed by atoms with van der Waals surface area (Å²) in [6, 6.07) is 12.8. The van der Waals surface area contributed by atoms with E-state index < -0.39 is 0 Å². The van der Waals surface area contributed by atoms with Gasteiger partial charge in [-0.05, 0) is 36.8 Å². The Balaban J connectivity index is 2.15. The molecule has 0 aliphatic carbocycles. The van der Waals surface area contributed by atoms with Crippen LogP contribution in [0.15, 0.2) is 42.5 Å². The van der Waals surface area contributed by atoms with Crippen molar-refractivity contribution in [2.45, 2.75) is 13.0 Å². The Morgan fingerprint density at radius 1 is 0.944 bits per heavy atom. The Kier molecular flexibility index (Phi) is 4.12. The number of ether oxygens (including phenoxy) is 1. The molecule has 0 saturated heterocycles. The first-order chi connectivity index (χ1) is 8.56. The van der Waals surface area contributed by atoms with Crippen molar-refractivity contribution in [1.29, 1.82) is 0 Å². The van der Waals surface area contributed by atoms with Crippen molar-refractivity contribution in [2.75, 3.05) is 0 Å². The van der Waals surface area contributed by atoms with Crippen molar-refractivity contribution in [3.8, 4) is 11.5 Å². The molecule has 0 saturated carbocycles. The van der Waals surface area contributed by atoms with E-state index in [4.69, 9.17) is 33.7 Å². The Bertz CT molecular complexity index is 538. The Labute approximate surface area is 116 Å². The molecular formula is C14H13Cl2NO. The summed E-state index contributed by atoms with van der Waals surface area (Å²) < 4.78 is 5.67. The van der Waals surface area contributed by atoms with Gasteiger partial charge >= 0.3 is 0 Å². The van der Waals surface area contributed by atoms with Gasteiger partial charge in [-0.25, -0.2) is 0 Å². The summed E-state index contributed by atoms with van der Waals surface area (Å²) in [5.74, 6) is 1.38. The molecule has 0 fully saturated rings. The van der Waals surface area contributed by atoms with E-state index in [2.05, 4.69) is 0 Å². The molecule has 94 valence electrons. The van der Waals surface area contributed by atoms with Crippen molar-refractivity contribution < 1.29 is 4.74 Å². The third-order valence-electron chi connectivity index (χ3n) is 2.53. The topological polar surface area (TPSA) is 35.2 Å². The van der Waals surface area contributed by atoms with E-state index in [1.807, 2.05) is 31.2 Å². The van der Waals surface area contributed by atoms with Crippen LogP contribution in [0.4, 0.5) is 0 Å². The lowest BCUT2D eigenvalue weighted by Crippen LogP contribution is -2.04. The quantitative estimate of drug-likeness (QED) is 0.877. The number of halogens is 2. The zero-order valence-electron chi connectivity index (χ0n) is 9.86. The van der Waals surface area contributed by atoms with Crippen LogP contribution in [0.5, 0.6) is 11.5 Å². The van der Waals surface area contributed by atoms with Gasteiger partial charge in [0.1, 0.15) is 11.5 Å². The van der Waals surface area contributed by atoms with Gasteiger partial charge in [-0.3, -0.25) is 0 Å². The van der Waals surface area contributed by atoms with Gasteiger partial charge in [-0.2, -0.15) is 0 Å². The summed E-state index contributed by atoms with van der Waals surface area (Å²) in [7, 11) is 0. The number of rotatable bonds is 3. The smallest absolute Gasteiger partial charge is 0.129 e. The summed E-state index contributed by atoms with van der Waals surface area (Å²) in [5.41, 5.74) is 6.85. The largest absolute Gasteiger partial charge is 0.457 e. The average molecular weight is 282 g/mol. The second-order valence-electron chi connectivity index (χ2n) is 4.04. The number of nitrogens with two attached hydrogens (primary N) is 1. The van der Waals surface area contributed by atoms with Gasteiger partial charge < -0.3 is 10.5 Å². The predicted molar refractivity (Wildman–Crippen MR) is 75.6 cm³/mol. The normalized spacial score (nSPS) is 12.2. The monoisotopic (exact) mass is 281 g/mol. The first-order valence-corrected chi connectivity index (χ1v) is 6.30. The number of hydrogen-bond acceptors (Lipinski definition) is 2.